The van der Waals surface area contributed by atoms with Gasteiger partial charge in [0.15, 0.2) is 0 Å². The van der Waals surface area contributed by atoms with Crippen LogP contribution in [0.2, 0.25) is 0 Å². The van der Waals surface area contributed by atoms with Crippen molar-refractivity contribution in [2.45, 2.75) is 25.5 Å². The second-order valence-electron chi connectivity index (χ2n) is 6.99. The largest absolute Gasteiger partial charge is 0.508 e. The number of benzene rings is 2. The fourth-order valence-electron chi connectivity index (χ4n) is 3.23. The number of amides is 1. The van der Waals surface area contributed by atoms with Gasteiger partial charge in [0, 0.05) is 31.1 Å². The number of aliphatic hydroxyl groups excluding tert-OH is 2. The average molecular weight is 386 g/mol. The molecular formula is C21H26N2O5. The van der Waals surface area contributed by atoms with Crippen LogP contribution in [0.4, 0.5) is 0 Å². The van der Waals surface area contributed by atoms with Crippen LogP contribution in [-0.2, 0) is 11.3 Å². The molecule has 150 valence electrons. The Morgan fingerprint density at radius 3 is 2.57 bits per heavy atom. The van der Waals surface area contributed by atoms with Crippen molar-refractivity contribution in [3.63, 3.8) is 0 Å². The maximum absolute atomic E-state index is 12.2. The van der Waals surface area contributed by atoms with E-state index in [4.69, 9.17) is 4.74 Å². The highest BCUT2D eigenvalue weighted by molar-refractivity contribution is 5.94. The Bertz CT molecular complexity index is 753. The van der Waals surface area contributed by atoms with Gasteiger partial charge in [-0.3, -0.25) is 9.69 Å². The normalized spacial score (nSPS) is 21.2. The monoisotopic (exact) mass is 386 g/mol. The first-order chi connectivity index (χ1) is 13.5. The number of ether oxygens (including phenoxy) is 1. The summed E-state index contributed by atoms with van der Waals surface area (Å²) in [7, 11) is 0. The maximum Gasteiger partial charge on any atom is 0.251 e. The van der Waals surface area contributed by atoms with Crippen molar-refractivity contribution in [3.8, 4) is 5.75 Å². The summed E-state index contributed by atoms with van der Waals surface area (Å²) in [5.41, 5.74) is 1.42. The second-order valence-corrected chi connectivity index (χ2v) is 6.99. The van der Waals surface area contributed by atoms with Gasteiger partial charge in [-0.1, -0.05) is 30.3 Å². The number of carbonyl (C=O) groups excluding carboxylic acids is 1. The molecular weight excluding hydrogens is 360 g/mol. The zero-order valence-corrected chi connectivity index (χ0v) is 15.6. The van der Waals surface area contributed by atoms with Crippen LogP contribution in [0.25, 0.3) is 0 Å². The second kappa shape index (κ2) is 9.66. The molecule has 1 saturated heterocycles. The first kappa shape index (κ1) is 20.3. The Morgan fingerprint density at radius 2 is 1.89 bits per heavy atom. The minimum absolute atomic E-state index is 0.0985. The smallest absolute Gasteiger partial charge is 0.251 e. The lowest BCUT2D eigenvalue weighted by molar-refractivity contribution is -0.215. The van der Waals surface area contributed by atoms with E-state index in [1.807, 2.05) is 30.3 Å². The quantitative estimate of drug-likeness (QED) is 0.535. The summed E-state index contributed by atoms with van der Waals surface area (Å²) in [5, 5.41) is 32.7. The average Bonchev–Trinajstić information content (AvgIpc) is 2.72. The predicted molar refractivity (Wildman–Crippen MR) is 103 cm³/mol. The van der Waals surface area contributed by atoms with Crippen LogP contribution in [0.3, 0.4) is 0 Å². The van der Waals surface area contributed by atoms with E-state index in [0.717, 1.165) is 5.56 Å². The van der Waals surface area contributed by atoms with Crippen molar-refractivity contribution in [2.75, 3.05) is 19.6 Å². The zero-order chi connectivity index (χ0) is 19.9. The van der Waals surface area contributed by atoms with Crippen molar-refractivity contribution < 1.29 is 24.9 Å². The first-order valence-electron chi connectivity index (χ1n) is 9.36. The summed E-state index contributed by atoms with van der Waals surface area (Å²) in [6.45, 7) is 1.47. The van der Waals surface area contributed by atoms with E-state index < -0.39 is 12.5 Å². The lowest BCUT2D eigenvalue weighted by Gasteiger charge is -2.38. The van der Waals surface area contributed by atoms with E-state index in [2.05, 4.69) is 5.32 Å². The fourth-order valence-corrected chi connectivity index (χ4v) is 3.23. The van der Waals surface area contributed by atoms with Gasteiger partial charge in [0.1, 0.15) is 5.75 Å². The number of hydrogen-bond acceptors (Lipinski definition) is 6. The van der Waals surface area contributed by atoms with Crippen molar-refractivity contribution >= 4 is 5.91 Å². The number of aromatic hydroxyl groups is 1. The molecule has 0 saturated carbocycles. The fraction of sp³-hybridized carbons (Fsp3) is 0.381. The minimum atomic E-state index is -1.08. The lowest BCUT2D eigenvalue weighted by Crippen LogP contribution is -2.51. The number of phenolic OH excluding ortho intramolecular Hbond substituents is 1. The molecule has 4 N–H and O–H groups in total. The van der Waals surface area contributed by atoms with Gasteiger partial charge in [-0.05, 0) is 36.2 Å². The van der Waals surface area contributed by atoms with E-state index in [9.17, 15) is 20.1 Å². The summed E-state index contributed by atoms with van der Waals surface area (Å²) < 4.78 is 5.50. The highest BCUT2D eigenvalue weighted by Crippen LogP contribution is 2.20. The van der Waals surface area contributed by atoms with E-state index in [0.29, 0.717) is 31.7 Å². The van der Waals surface area contributed by atoms with Gasteiger partial charge in [0.25, 0.3) is 5.91 Å². The predicted octanol–water partition coefficient (Wildman–Crippen LogP) is 1.30. The van der Waals surface area contributed by atoms with Crippen LogP contribution in [-0.4, -0.2) is 58.3 Å². The summed E-state index contributed by atoms with van der Waals surface area (Å²) in [4.78, 5) is 13.8. The number of piperidine rings is 1. The van der Waals surface area contributed by atoms with E-state index in [1.54, 1.807) is 17.0 Å². The van der Waals surface area contributed by atoms with Crippen LogP contribution in [0, 0.1) is 5.92 Å². The number of carbonyl (C=O) groups is 1. The molecule has 3 rings (SSSR count). The third-order valence-electron chi connectivity index (χ3n) is 4.96. The molecule has 0 spiro atoms. The number of phenols is 1. The van der Waals surface area contributed by atoms with Crippen molar-refractivity contribution in [3.05, 3.63) is 65.7 Å². The summed E-state index contributed by atoms with van der Waals surface area (Å²) in [6, 6.07) is 15.6. The molecule has 0 aliphatic carbocycles. The highest BCUT2D eigenvalue weighted by Gasteiger charge is 2.31. The number of hydrogen-bond donors (Lipinski definition) is 4. The van der Waals surface area contributed by atoms with Crippen LogP contribution < -0.4 is 5.32 Å². The number of aliphatic hydroxyl groups is 2. The topological polar surface area (TPSA) is 102 Å². The number of β-amino-alcohol motifs (C(OH)–C–C–N with tert-alkyl or cyclic N) is 1. The summed E-state index contributed by atoms with van der Waals surface area (Å²) in [5.74, 6) is -0.244. The molecule has 1 aliphatic heterocycles. The molecule has 1 unspecified atom stereocenters. The zero-order valence-electron chi connectivity index (χ0n) is 15.6. The van der Waals surface area contributed by atoms with Gasteiger partial charge in [0.2, 0.25) is 6.41 Å². The Balaban J connectivity index is 1.42. The first-order valence-corrected chi connectivity index (χ1v) is 9.36. The van der Waals surface area contributed by atoms with Gasteiger partial charge in [-0.15, -0.1) is 0 Å². The molecule has 0 radical (unpaired) electrons. The van der Waals surface area contributed by atoms with Crippen molar-refractivity contribution in [2.24, 2.45) is 5.92 Å². The van der Waals surface area contributed by atoms with Gasteiger partial charge in [-0.25, -0.2) is 0 Å². The number of rotatable bonds is 7. The van der Waals surface area contributed by atoms with E-state index in [-0.39, 0.29) is 24.1 Å². The molecule has 28 heavy (non-hydrogen) atoms. The third-order valence-corrected chi connectivity index (χ3v) is 4.96. The van der Waals surface area contributed by atoms with Crippen molar-refractivity contribution in [1.82, 2.24) is 10.2 Å². The Labute approximate surface area is 164 Å². The van der Waals surface area contributed by atoms with Gasteiger partial charge in [0.05, 0.1) is 12.7 Å². The molecule has 2 aromatic rings. The molecule has 1 heterocycles. The Kier molecular flexibility index (Phi) is 7.00. The van der Waals surface area contributed by atoms with E-state index >= 15 is 0 Å². The van der Waals surface area contributed by atoms with Gasteiger partial charge >= 0.3 is 0 Å². The molecule has 7 nitrogen and oxygen atoms in total. The number of likely N-dealkylation sites (tertiary alicyclic amines) is 1. The highest BCUT2D eigenvalue weighted by atomic mass is 16.6. The molecule has 1 aliphatic rings. The van der Waals surface area contributed by atoms with Gasteiger partial charge < -0.3 is 25.4 Å². The number of nitrogens with zero attached hydrogens (tertiary/aromatic N) is 1. The maximum atomic E-state index is 12.2. The van der Waals surface area contributed by atoms with Crippen LogP contribution in [0.1, 0.15) is 22.3 Å². The third kappa shape index (κ3) is 5.53. The van der Waals surface area contributed by atoms with E-state index in [1.165, 1.54) is 12.1 Å². The van der Waals surface area contributed by atoms with Crippen LogP contribution in [0.5, 0.6) is 5.75 Å². The lowest BCUT2D eigenvalue weighted by atomic mass is 9.94. The molecule has 0 aromatic heterocycles. The van der Waals surface area contributed by atoms with Crippen LogP contribution >= 0.6 is 0 Å². The molecule has 1 fully saturated rings. The van der Waals surface area contributed by atoms with Gasteiger partial charge in [-0.2, -0.15) is 0 Å². The molecule has 3 atom stereocenters. The van der Waals surface area contributed by atoms with Crippen LogP contribution in [0.15, 0.2) is 54.6 Å². The SMILES string of the molecule is O=C(NC[C@@H]1CCN(C(O)OCc2ccccc2)C[C@@H]1O)c1ccc(O)cc1. The standard InChI is InChI=1S/C21H26N2O5/c24-18-8-6-16(7-9-18)20(26)22-12-17-10-11-23(13-19(17)25)21(27)28-14-15-4-2-1-3-5-15/h1-9,17,19,21,24-25,27H,10-14H2,(H,22,26)/t17-,19-,21?/m0/s1. The summed E-state index contributed by atoms with van der Waals surface area (Å²) >= 11 is 0. The molecule has 2 aromatic carbocycles. The molecule has 0 bridgehead atoms. The number of nitrogens with one attached hydrogen (secondary N) is 1. The Hall–Kier alpha value is -2.45. The minimum Gasteiger partial charge on any atom is -0.508 e. The molecule has 7 heteroatoms. The van der Waals surface area contributed by atoms with Crippen molar-refractivity contribution in [1.29, 1.82) is 0 Å². The Morgan fingerprint density at radius 1 is 1.18 bits per heavy atom. The summed E-state index contributed by atoms with van der Waals surface area (Å²) in [6.07, 6.45) is -1.13. The molecule has 1 amide bonds.